The van der Waals surface area contributed by atoms with Crippen LogP contribution in [0.5, 0.6) is 0 Å². The molecule has 0 aliphatic rings. The second-order valence-electron chi connectivity index (χ2n) is 4.19. The van der Waals surface area contributed by atoms with Crippen LogP contribution in [0.4, 0.5) is 5.69 Å². The summed E-state index contributed by atoms with van der Waals surface area (Å²) in [6.45, 7) is 0. The molecule has 0 atom stereocenters. The van der Waals surface area contributed by atoms with Gasteiger partial charge in [0.15, 0.2) is 10.8 Å². The van der Waals surface area contributed by atoms with Crippen LogP contribution in [0.3, 0.4) is 0 Å². The summed E-state index contributed by atoms with van der Waals surface area (Å²) in [6, 6.07) is 12.2. The fraction of sp³-hybridized carbons (Fsp3) is 0. The van der Waals surface area contributed by atoms with E-state index in [1.165, 1.54) is 12.1 Å². The molecular formula is C14H10ClN5O. The van der Waals surface area contributed by atoms with Gasteiger partial charge in [-0.3, -0.25) is 4.79 Å². The summed E-state index contributed by atoms with van der Waals surface area (Å²) in [7, 11) is 0. The van der Waals surface area contributed by atoms with Crippen LogP contribution in [-0.4, -0.2) is 25.9 Å². The van der Waals surface area contributed by atoms with E-state index in [2.05, 4.69) is 20.6 Å². The summed E-state index contributed by atoms with van der Waals surface area (Å²) in [6.07, 6.45) is 3.55. The van der Waals surface area contributed by atoms with Crippen LogP contribution >= 0.6 is 11.6 Å². The number of nitrogens with zero attached hydrogens (tertiary/aromatic N) is 4. The Kier molecular flexibility index (Phi) is 3.61. The van der Waals surface area contributed by atoms with Crippen molar-refractivity contribution in [3.8, 4) is 5.69 Å². The summed E-state index contributed by atoms with van der Waals surface area (Å²) in [5.74, 6) is -0.342. The van der Waals surface area contributed by atoms with Crippen molar-refractivity contribution < 1.29 is 4.79 Å². The van der Waals surface area contributed by atoms with Gasteiger partial charge >= 0.3 is 0 Å². The molecular weight excluding hydrogens is 290 g/mol. The van der Waals surface area contributed by atoms with Gasteiger partial charge in [0.25, 0.3) is 5.91 Å². The van der Waals surface area contributed by atoms with Gasteiger partial charge in [-0.15, -0.1) is 10.2 Å². The number of carbonyl (C=O) groups excluding carboxylic acids is 1. The molecule has 1 amide bonds. The molecule has 0 spiro atoms. The van der Waals surface area contributed by atoms with E-state index in [1.54, 1.807) is 23.0 Å². The second-order valence-corrected chi connectivity index (χ2v) is 4.58. The monoisotopic (exact) mass is 299 g/mol. The molecule has 104 valence electrons. The first-order chi connectivity index (χ1) is 10.2. The van der Waals surface area contributed by atoms with Gasteiger partial charge in [-0.25, -0.2) is 4.68 Å². The molecule has 0 saturated heterocycles. The topological polar surface area (TPSA) is 72.7 Å². The van der Waals surface area contributed by atoms with Gasteiger partial charge in [-0.2, -0.15) is 5.10 Å². The second kappa shape index (κ2) is 5.72. The fourth-order valence-corrected chi connectivity index (χ4v) is 1.85. The Morgan fingerprint density at radius 2 is 1.90 bits per heavy atom. The van der Waals surface area contributed by atoms with E-state index in [1.807, 2.05) is 24.4 Å². The van der Waals surface area contributed by atoms with Gasteiger partial charge in [0, 0.05) is 18.1 Å². The molecule has 1 N–H and O–H groups in total. The molecule has 0 aliphatic carbocycles. The Hall–Kier alpha value is -2.73. The van der Waals surface area contributed by atoms with Crippen molar-refractivity contribution in [2.75, 3.05) is 5.32 Å². The Labute approximate surface area is 125 Å². The molecule has 7 heteroatoms. The van der Waals surface area contributed by atoms with Gasteiger partial charge in [-0.05, 0) is 42.5 Å². The molecule has 0 bridgehead atoms. The number of hydrogen-bond donors (Lipinski definition) is 1. The third-order valence-corrected chi connectivity index (χ3v) is 2.96. The Bertz CT molecular complexity index is 738. The molecule has 0 aliphatic heterocycles. The predicted octanol–water partition coefficient (Wildman–Crippen LogP) is 2.57. The standard InChI is InChI=1S/C14H10ClN5O/c15-13-7-6-12(18-19-13)14(21)17-10-2-4-11(5-3-10)20-9-1-8-16-20/h1-9H,(H,17,21). The van der Waals surface area contributed by atoms with Crippen molar-refractivity contribution in [3.63, 3.8) is 0 Å². The normalized spacial score (nSPS) is 10.3. The van der Waals surface area contributed by atoms with Crippen LogP contribution in [0.15, 0.2) is 54.9 Å². The zero-order valence-corrected chi connectivity index (χ0v) is 11.5. The minimum atomic E-state index is -0.342. The van der Waals surface area contributed by atoms with Crippen molar-refractivity contribution in [1.82, 2.24) is 20.0 Å². The molecule has 1 aromatic carbocycles. The van der Waals surface area contributed by atoms with E-state index in [-0.39, 0.29) is 16.8 Å². The lowest BCUT2D eigenvalue weighted by Gasteiger charge is -2.06. The van der Waals surface area contributed by atoms with Crippen LogP contribution in [0.1, 0.15) is 10.5 Å². The fourth-order valence-electron chi connectivity index (χ4n) is 1.75. The number of hydrogen-bond acceptors (Lipinski definition) is 4. The zero-order chi connectivity index (χ0) is 14.7. The number of aromatic nitrogens is 4. The molecule has 2 heterocycles. The van der Waals surface area contributed by atoms with Crippen molar-refractivity contribution >= 4 is 23.2 Å². The lowest BCUT2D eigenvalue weighted by Crippen LogP contribution is -2.14. The number of benzene rings is 1. The quantitative estimate of drug-likeness (QED) is 0.806. The van der Waals surface area contributed by atoms with Gasteiger partial charge in [0.1, 0.15) is 0 Å². The highest BCUT2D eigenvalue weighted by molar-refractivity contribution is 6.29. The third kappa shape index (κ3) is 3.06. The Morgan fingerprint density at radius 1 is 1.10 bits per heavy atom. The predicted molar refractivity (Wildman–Crippen MR) is 78.6 cm³/mol. The molecule has 2 aromatic heterocycles. The minimum Gasteiger partial charge on any atom is -0.321 e. The molecule has 0 radical (unpaired) electrons. The number of rotatable bonds is 3. The molecule has 21 heavy (non-hydrogen) atoms. The van der Waals surface area contributed by atoms with Crippen LogP contribution in [0, 0.1) is 0 Å². The van der Waals surface area contributed by atoms with Crippen molar-refractivity contribution in [3.05, 3.63) is 65.7 Å². The first-order valence-corrected chi connectivity index (χ1v) is 6.51. The Morgan fingerprint density at radius 3 is 2.52 bits per heavy atom. The molecule has 0 unspecified atom stereocenters. The lowest BCUT2D eigenvalue weighted by molar-refractivity contribution is 0.102. The summed E-state index contributed by atoms with van der Waals surface area (Å²) in [4.78, 5) is 12.0. The minimum absolute atomic E-state index is 0.204. The average molecular weight is 300 g/mol. The van der Waals surface area contributed by atoms with Gasteiger partial charge in [0.05, 0.1) is 5.69 Å². The van der Waals surface area contributed by atoms with E-state index in [9.17, 15) is 4.79 Å². The molecule has 0 fully saturated rings. The van der Waals surface area contributed by atoms with Gasteiger partial charge in [-0.1, -0.05) is 11.6 Å². The Balaban J connectivity index is 1.73. The maximum absolute atomic E-state index is 12.0. The number of nitrogens with one attached hydrogen (secondary N) is 1. The molecule has 3 rings (SSSR count). The number of carbonyl (C=O) groups is 1. The lowest BCUT2D eigenvalue weighted by atomic mass is 10.2. The van der Waals surface area contributed by atoms with E-state index >= 15 is 0 Å². The van der Waals surface area contributed by atoms with Crippen molar-refractivity contribution in [1.29, 1.82) is 0 Å². The van der Waals surface area contributed by atoms with E-state index in [0.717, 1.165) is 5.69 Å². The maximum Gasteiger partial charge on any atom is 0.276 e. The molecule has 0 saturated carbocycles. The van der Waals surface area contributed by atoms with Crippen LogP contribution in [0.25, 0.3) is 5.69 Å². The summed E-state index contributed by atoms with van der Waals surface area (Å²) >= 11 is 5.63. The van der Waals surface area contributed by atoms with Crippen molar-refractivity contribution in [2.24, 2.45) is 0 Å². The number of anilines is 1. The van der Waals surface area contributed by atoms with Gasteiger partial charge in [0.2, 0.25) is 0 Å². The van der Waals surface area contributed by atoms with E-state index < -0.39 is 0 Å². The average Bonchev–Trinajstić information content (AvgIpc) is 3.03. The maximum atomic E-state index is 12.0. The van der Waals surface area contributed by atoms with Gasteiger partial charge < -0.3 is 5.32 Å². The van der Waals surface area contributed by atoms with Crippen molar-refractivity contribution in [2.45, 2.75) is 0 Å². The summed E-state index contributed by atoms with van der Waals surface area (Å²) in [5, 5.41) is 14.5. The molecule has 6 nitrogen and oxygen atoms in total. The number of amides is 1. The highest BCUT2D eigenvalue weighted by Crippen LogP contribution is 2.13. The third-order valence-electron chi connectivity index (χ3n) is 2.76. The first kappa shape index (κ1) is 13.3. The largest absolute Gasteiger partial charge is 0.321 e. The first-order valence-electron chi connectivity index (χ1n) is 6.13. The summed E-state index contributed by atoms with van der Waals surface area (Å²) in [5.41, 5.74) is 1.77. The highest BCUT2D eigenvalue weighted by Gasteiger charge is 2.08. The van der Waals surface area contributed by atoms with Crippen LogP contribution < -0.4 is 5.32 Å². The smallest absolute Gasteiger partial charge is 0.276 e. The summed E-state index contributed by atoms with van der Waals surface area (Å²) < 4.78 is 1.73. The SMILES string of the molecule is O=C(Nc1ccc(-n2cccn2)cc1)c1ccc(Cl)nn1. The van der Waals surface area contributed by atoms with E-state index in [4.69, 9.17) is 11.6 Å². The zero-order valence-electron chi connectivity index (χ0n) is 10.8. The highest BCUT2D eigenvalue weighted by atomic mass is 35.5. The van der Waals surface area contributed by atoms with E-state index in [0.29, 0.717) is 5.69 Å². The van der Waals surface area contributed by atoms with Crippen LogP contribution in [0.2, 0.25) is 5.15 Å². The molecule has 3 aromatic rings. The number of halogens is 1. The van der Waals surface area contributed by atoms with Crippen LogP contribution in [-0.2, 0) is 0 Å².